The molecule has 0 radical (unpaired) electrons. The Morgan fingerprint density at radius 1 is 1.44 bits per heavy atom. The number of nitrogens with zero attached hydrogens (tertiary/aromatic N) is 4. The summed E-state index contributed by atoms with van der Waals surface area (Å²) in [6, 6.07) is 3.06. The molecule has 18 heavy (non-hydrogen) atoms. The number of carbonyl (C=O) groups excluding carboxylic acids is 1. The predicted molar refractivity (Wildman–Crippen MR) is 66.4 cm³/mol. The minimum absolute atomic E-state index is 0.0805. The van der Waals surface area contributed by atoms with Gasteiger partial charge >= 0.3 is 0 Å². The highest BCUT2D eigenvalue weighted by Gasteiger charge is 2.17. The number of carbonyl (C=O) groups is 1. The number of hydrogen-bond acceptors (Lipinski definition) is 4. The first-order valence-corrected chi connectivity index (χ1v) is 5.75. The number of hydrogen-bond donors (Lipinski definition) is 1. The number of aromatic nitrogens is 4. The molecule has 0 atom stereocenters. The fourth-order valence-electron chi connectivity index (χ4n) is 1.38. The van der Waals surface area contributed by atoms with Crippen molar-refractivity contribution in [2.24, 2.45) is 0 Å². The van der Waals surface area contributed by atoms with Gasteiger partial charge in [0, 0.05) is 7.05 Å². The number of amides is 1. The molecule has 0 aliphatic carbocycles. The zero-order valence-electron chi connectivity index (χ0n) is 9.39. The van der Waals surface area contributed by atoms with Crippen LogP contribution in [0.15, 0.2) is 18.5 Å². The third kappa shape index (κ3) is 2.77. The smallest absolute Gasteiger partial charge is 0.257 e. The zero-order chi connectivity index (χ0) is 13.1. The van der Waals surface area contributed by atoms with Crippen LogP contribution in [0.1, 0.15) is 16.2 Å². The summed E-state index contributed by atoms with van der Waals surface area (Å²) in [5.41, 5.74) is 0.295. The fourth-order valence-corrected chi connectivity index (χ4v) is 1.81. The van der Waals surface area contributed by atoms with Gasteiger partial charge in [0.15, 0.2) is 0 Å². The normalized spacial score (nSPS) is 10.4. The Hall–Kier alpha value is -1.66. The molecular formula is C10H9Cl2N5O. The summed E-state index contributed by atoms with van der Waals surface area (Å²) in [7, 11) is 1.63. The van der Waals surface area contributed by atoms with Gasteiger partial charge in [0.2, 0.25) is 0 Å². The maximum absolute atomic E-state index is 12.1. The largest absolute Gasteiger partial charge is 0.334 e. The fraction of sp³-hybridized carbons (Fsp3) is 0.200. The predicted octanol–water partition coefficient (Wildman–Crippen LogP) is 1.78. The number of aromatic amines is 1. The molecule has 0 saturated heterocycles. The van der Waals surface area contributed by atoms with Crippen LogP contribution in [-0.2, 0) is 6.54 Å². The third-order valence-electron chi connectivity index (χ3n) is 2.24. The quantitative estimate of drug-likeness (QED) is 0.873. The van der Waals surface area contributed by atoms with E-state index in [0.717, 1.165) is 0 Å². The minimum atomic E-state index is -0.263. The molecule has 2 aromatic heterocycles. The van der Waals surface area contributed by atoms with E-state index < -0.39 is 0 Å². The van der Waals surface area contributed by atoms with Crippen LogP contribution >= 0.6 is 23.2 Å². The summed E-state index contributed by atoms with van der Waals surface area (Å²) < 4.78 is 0. The molecule has 0 aromatic carbocycles. The Balaban J connectivity index is 2.15. The topological polar surface area (TPSA) is 74.8 Å². The van der Waals surface area contributed by atoms with Crippen molar-refractivity contribution in [2.45, 2.75) is 6.54 Å². The molecule has 2 aromatic rings. The maximum Gasteiger partial charge on any atom is 0.257 e. The highest BCUT2D eigenvalue weighted by Crippen LogP contribution is 2.18. The second-order valence-electron chi connectivity index (χ2n) is 3.57. The van der Waals surface area contributed by atoms with Crippen LogP contribution in [0.2, 0.25) is 10.3 Å². The van der Waals surface area contributed by atoms with Crippen molar-refractivity contribution in [1.82, 2.24) is 25.1 Å². The van der Waals surface area contributed by atoms with Gasteiger partial charge in [-0.1, -0.05) is 23.2 Å². The number of rotatable bonds is 3. The summed E-state index contributed by atoms with van der Waals surface area (Å²) in [6.07, 6.45) is 1.38. The van der Waals surface area contributed by atoms with Gasteiger partial charge in [-0.05, 0) is 12.1 Å². The van der Waals surface area contributed by atoms with Crippen molar-refractivity contribution >= 4 is 29.1 Å². The standard InChI is InChI=1S/C10H9Cl2N5O/c1-17(4-8-13-5-14-16-8)10(18)6-2-3-7(11)15-9(6)12/h2-3,5H,4H2,1H3,(H,13,14,16). The van der Waals surface area contributed by atoms with Gasteiger partial charge in [-0.3, -0.25) is 9.89 Å². The minimum Gasteiger partial charge on any atom is -0.334 e. The van der Waals surface area contributed by atoms with Crippen LogP contribution in [0.5, 0.6) is 0 Å². The Bertz CT molecular complexity index is 557. The molecule has 2 rings (SSSR count). The van der Waals surface area contributed by atoms with E-state index in [1.165, 1.54) is 23.4 Å². The van der Waals surface area contributed by atoms with Crippen LogP contribution in [0.3, 0.4) is 0 Å². The lowest BCUT2D eigenvalue weighted by atomic mass is 10.2. The first kappa shape index (κ1) is 12.8. The molecule has 1 N–H and O–H groups in total. The molecule has 6 nitrogen and oxygen atoms in total. The van der Waals surface area contributed by atoms with Gasteiger partial charge < -0.3 is 4.90 Å². The monoisotopic (exact) mass is 285 g/mol. The van der Waals surface area contributed by atoms with Crippen LogP contribution in [-0.4, -0.2) is 38.0 Å². The molecule has 1 amide bonds. The van der Waals surface area contributed by atoms with Gasteiger partial charge in [-0.25, -0.2) is 9.97 Å². The molecule has 94 valence electrons. The SMILES string of the molecule is CN(Cc1ncn[nH]1)C(=O)c1ccc(Cl)nc1Cl. The van der Waals surface area contributed by atoms with Crippen molar-refractivity contribution in [3.63, 3.8) is 0 Å². The Morgan fingerprint density at radius 3 is 2.83 bits per heavy atom. The first-order valence-electron chi connectivity index (χ1n) is 4.99. The second-order valence-corrected chi connectivity index (χ2v) is 4.31. The van der Waals surface area contributed by atoms with Crippen molar-refractivity contribution < 1.29 is 4.79 Å². The molecular weight excluding hydrogens is 277 g/mol. The van der Waals surface area contributed by atoms with E-state index >= 15 is 0 Å². The number of pyridine rings is 1. The molecule has 0 saturated carbocycles. The van der Waals surface area contributed by atoms with Crippen molar-refractivity contribution in [1.29, 1.82) is 0 Å². The molecule has 0 unspecified atom stereocenters. The molecule has 0 bridgehead atoms. The summed E-state index contributed by atoms with van der Waals surface area (Å²) in [6.45, 7) is 0.303. The number of halogens is 2. The van der Waals surface area contributed by atoms with Crippen molar-refractivity contribution in [3.05, 3.63) is 40.2 Å². The lowest BCUT2D eigenvalue weighted by molar-refractivity contribution is 0.0781. The van der Waals surface area contributed by atoms with Gasteiger partial charge in [-0.2, -0.15) is 5.10 Å². The highest BCUT2D eigenvalue weighted by molar-refractivity contribution is 6.34. The molecule has 0 aliphatic rings. The van der Waals surface area contributed by atoms with Crippen LogP contribution < -0.4 is 0 Å². The molecule has 2 heterocycles. The Morgan fingerprint density at radius 2 is 2.22 bits per heavy atom. The Kier molecular flexibility index (Phi) is 3.78. The second kappa shape index (κ2) is 5.32. The summed E-state index contributed by atoms with van der Waals surface area (Å²) in [5, 5.41) is 6.71. The summed E-state index contributed by atoms with van der Waals surface area (Å²) in [5.74, 6) is 0.324. The van der Waals surface area contributed by atoms with Gasteiger partial charge in [0.05, 0.1) is 12.1 Å². The number of H-pyrrole nitrogens is 1. The van der Waals surface area contributed by atoms with E-state index in [2.05, 4.69) is 20.2 Å². The van der Waals surface area contributed by atoms with E-state index in [4.69, 9.17) is 23.2 Å². The average molecular weight is 286 g/mol. The Labute approximate surface area is 113 Å². The van der Waals surface area contributed by atoms with Gasteiger partial charge in [-0.15, -0.1) is 0 Å². The van der Waals surface area contributed by atoms with E-state index in [9.17, 15) is 4.79 Å². The summed E-state index contributed by atoms with van der Waals surface area (Å²) in [4.78, 5) is 21.3. The van der Waals surface area contributed by atoms with Crippen molar-refractivity contribution in [2.75, 3.05) is 7.05 Å². The molecule has 0 spiro atoms. The van der Waals surface area contributed by atoms with E-state index in [1.807, 2.05) is 0 Å². The van der Waals surface area contributed by atoms with Crippen LogP contribution in [0.25, 0.3) is 0 Å². The van der Waals surface area contributed by atoms with E-state index in [-0.39, 0.29) is 16.2 Å². The summed E-state index contributed by atoms with van der Waals surface area (Å²) >= 11 is 11.5. The van der Waals surface area contributed by atoms with E-state index in [0.29, 0.717) is 17.9 Å². The molecule has 0 aliphatic heterocycles. The molecule has 8 heteroatoms. The van der Waals surface area contributed by atoms with Crippen LogP contribution in [0, 0.1) is 0 Å². The lowest BCUT2D eigenvalue weighted by Crippen LogP contribution is -2.27. The lowest BCUT2D eigenvalue weighted by Gasteiger charge is -2.15. The van der Waals surface area contributed by atoms with Crippen LogP contribution in [0.4, 0.5) is 0 Å². The maximum atomic E-state index is 12.1. The molecule has 0 fully saturated rings. The average Bonchev–Trinajstić information content (AvgIpc) is 2.81. The van der Waals surface area contributed by atoms with Gasteiger partial charge in [0.1, 0.15) is 22.5 Å². The van der Waals surface area contributed by atoms with Gasteiger partial charge in [0.25, 0.3) is 5.91 Å². The third-order valence-corrected chi connectivity index (χ3v) is 2.74. The highest BCUT2D eigenvalue weighted by atomic mass is 35.5. The number of nitrogens with one attached hydrogen (secondary N) is 1. The zero-order valence-corrected chi connectivity index (χ0v) is 10.9. The van der Waals surface area contributed by atoms with E-state index in [1.54, 1.807) is 7.05 Å². The van der Waals surface area contributed by atoms with Crippen molar-refractivity contribution in [3.8, 4) is 0 Å². The first-order chi connectivity index (χ1) is 8.58.